The van der Waals surface area contributed by atoms with E-state index in [-0.39, 0.29) is 0 Å². The minimum Gasteiger partial charge on any atom is -0.484 e. The third kappa shape index (κ3) is 2.35. The van der Waals surface area contributed by atoms with Gasteiger partial charge in [-0.15, -0.1) is 0 Å². The lowest BCUT2D eigenvalue weighted by atomic mass is 10.1. The van der Waals surface area contributed by atoms with E-state index in [9.17, 15) is 0 Å². The number of benzene rings is 2. The zero-order valence-electron chi connectivity index (χ0n) is 11.8. The summed E-state index contributed by atoms with van der Waals surface area (Å²) >= 11 is 3.65. The molecular formula is C18H14BrN2O+. The van der Waals surface area contributed by atoms with Crippen molar-refractivity contribution in [2.75, 3.05) is 0 Å². The topological polar surface area (TPSA) is 29.1 Å². The Hall–Kier alpha value is -2.33. The van der Waals surface area contributed by atoms with Crippen molar-refractivity contribution >= 4 is 32.3 Å². The average Bonchev–Trinajstić information content (AvgIpc) is 2.97. The van der Waals surface area contributed by atoms with Crippen molar-refractivity contribution < 1.29 is 9.14 Å². The first-order valence-electron chi connectivity index (χ1n) is 7.09. The molecule has 4 aromatic rings. The van der Waals surface area contributed by atoms with Crippen molar-refractivity contribution in [2.45, 2.75) is 6.61 Å². The van der Waals surface area contributed by atoms with Crippen LogP contribution in [0.5, 0.6) is 5.75 Å². The molecule has 0 atom stereocenters. The highest BCUT2D eigenvalue weighted by atomic mass is 79.9. The van der Waals surface area contributed by atoms with Crippen LogP contribution in [-0.4, -0.2) is 4.98 Å². The van der Waals surface area contributed by atoms with Gasteiger partial charge in [0.15, 0.2) is 12.3 Å². The van der Waals surface area contributed by atoms with Gasteiger partial charge < -0.3 is 4.74 Å². The number of halogens is 1. The third-order valence-electron chi connectivity index (χ3n) is 3.68. The van der Waals surface area contributed by atoms with E-state index in [4.69, 9.17) is 4.74 Å². The minimum absolute atomic E-state index is 0.499. The van der Waals surface area contributed by atoms with E-state index in [1.165, 1.54) is 5.39 Å². The molecule has 0 bridgehead atoms. The van der Waals surface area contributed by atoms with Crippen LogP contribution < -0.4 is 9.14 Å². The summed E-state index contributed by atoms with van der Waals surface area (Å²) in [7, 11) is 0. The van der Waals surface area contributed by atoms with E-state index >= 15 is 0 Å². The number of nitrogens with one attached hydrogen (secondary N) is 1. The monoisotopic (exact) mass is 353 g/mol. The highest BCUT2D eigenvalue weighted by molar-refractivity contribution is 9.10. The highest BCUT2D eigenvalue weighted by Gasteiger charge is 2.10. The maximum absolute atomic E-state index is 5.97. The van der Waals surface area contributed by atoms with Gasteiger partial charge in [0.1, 0.15) is 11.9 Å². The second-order valence-corrected chi connectivity index (χ2v) is 5.95. The SMILES string of the molecule is Brc1c(OCc2c[n+]3ccccc3[nH]2)ccc2ccccc12. The van der Waals surface area contributed by atoms with Gasteiger partial charge in [0.2, 0.25) is 0 Å². The molecule has 0 radical (unpaired) electrons. The Bertz CT molecular complexity index is 929. The number of fused-ring (bicyclic) bond motifs is 2. The Morgan fingerprint density at radius 2 is 1.86 bits per heavy atom. The van der Waals surface area contributed by atoms with E-state index < -0.39 is 0 Å². The molecule has 0 aliphatic heterocycles. The van der Waals surface area contributed by atoms with Crippen LogP contribution in [0.15, 0.2) is 71.5 Å². The number of aromatic amines is 1. The minimum atomic E-state index is 0.499. The van der Waals surface area contributed by atoms with Gasteiger partial charge in [-0.2, -0.15) is 0 Å². The lowest BCUT2D eigenvalue weighted by molar-refractivity contribution is -0.510. The van der Waals surface area contributed by atoms with Crippen LogP contribution in [0.1, 0.15) is 5.69 Å². The van der Waals surface area contributed by atoms with Gasteiger partial charge in [-0.3, -0.25) is 0 Å². The molecule has 0 spiro atoms. The summed E-state index contributed by atoms with van der Waals surface area (Å²) in [4.78, 5) is 3.35. The number of ether oxygens (including phenoxy) is 1. The van der Waals surface area contributed by atoms with Crippen molar-refractivity contribution in [3.8, 4) is 5.75 Å². The molecule has 0 aliphatic rings. The Kier molecular flexibility index (Phi) is 3.31. The number of H-pyrrole nitrogens is 1. The summed E-state index contributed by atoms with van der Waals surface area (Å²) in [5.41, 5.74) is 2.09. The van der Waals surface area contributed by atoms with Crippen molar-refractivity contribution in [2.24, 2.45) is 0 Å². The Balaban J connectivity index is 1.62. The van der Waals surface area contributed by atoms with Crippen LogP contribution in [0.2, 0.25) is 0 Å². The normalized spacial score (nSPS) is 11.1. The molecule has 2 aromatic carbocycles. The molecule has 0 aliphatic carbocycles. The fraction of sp³-hybridized carbons (Fsp3) is 0.0556. The molecule has 0 amide bonds. The van der Waals surface area contributed by atoms with E-state index in [1.54, 1.807) is 0 Å². The predicted molar refractivity (Wildman–Crippen MR) is 89.9 cm³/mol. The summed E-state index contributed by atoms with van der Waals surface area (Å²) in [6.07, 6.45) is 4.06. The molecule has 22 heavy (non-hydrogen) atoms. The van der Waals surface area contributed by atoms with E-state index in [1.807, 2.05) is 53.2 Å². The second kappa shape index (κ2) is 5.46. The highest BCUT2D eigenvalue weighted by Crippen LogP contribution is 2.33. The summed E-state index contributed by atoms with van der Waals surface area (Å²) in [6.45, 7) is 0.499. The first kappa shape index (κ1) is 13.3. The fourth-order valence-corrected chi connectivity index (χ4v) is 3.20. The van der Waals surface area contributed by atoms with Crippen molar-refractivity contribution in [1.29, 1.82) is 0 Å². The van der Waals surface area contributed by atoms with Crippen molar-refractivity contribution in [3.63, 3.8) is 0 Å². The fourth-order valence-electron chi connectivity index (χ4n) is 2.59. The third-order valence-corrected chi connectivity index (χ3v) is 4.50. The number of aromatic nitrogens is 2. The molecular weight excluding hydrogens is 340 g/mol. The second-order valence-electron chi connectivity index (χ2n) is 5.16. The number of imidazole rings is 1. The maximum Gasteiger partial charge on any atom is 0.284 e. The number of pyridine rings is 1. The number of rotatable bonds is 3. The van der Waals surface area contributed by atoms with Gasteiger partial charge in [0.25, 0.3) is 5.65 Å². The molecule has 0 fully saturated rings. The molecule has 3 nitrogen and oxygen atoms in total. The standard InChI is InChI=1S/C18H13BrN2O/c19-18-15-6-2-1-5-13(15)8-9-16(18)22-12-14-11-21-10-4-3-7-17(21)20-14/h1-11H,12H2/p+1. The van der Waals surface area contributed by atoms with Gasteiger partial charge in [0.05, 0.1) is 10.7 Å². The lowest BCUT2D eigenvalue weighted by Crippen LogP contribution is -2.16. The molecule has 2 aromatic heterocycles. The van der Waals surface area contributed by atoms with Crippen LogP contribution in [0.3, 0.4) is 0 Å². The summed E-state index contributed by atoms with van der Waals surface area (Å²) in [6, 6.07) is 18.4. The maximum atomic E-state index is 5.97. The molecule has 4 heteroatoms. The van der Waals surface area contributed by atoms with Crippen LogP contribution in [0, 0.1) is 0 Å². The Labute approximate surface area is 136 Å². The zero-order chi connectivity index (χ0) is 14.9. The molecule has 2 heterocycles. The van der Waals surface area contributed by atoms with Crippen LogP contribution >= 0.6 is 15.9 Å². The zero-order valence-corrected chi connectivity index (χ0v) is 13.4. The molecule has 0 saturated heterocycles. The van der Waals surface area contributed by atoms with Gasteiger partial charge in [-0.1, -0.05) is 36.4 Å². The van der Waals surface area contributed by atoms with Crippen molar-refractivity contribution in [3.05, 3.63) is 77.2 Å². The molecule has 0 unspecified atom stereocenters. The van der Waals surface area contributed by atoms with Gasteiger partial charge >= 0.3 is 0 Å². The lowest BCUT2D eigenvalue weighted by Gasteiger charge is -2.08. The Morgan fingerprint density at radius 3 is 2.77 bits per heavy atom. The number of nitrogens with zero attached hydrogens (tertiary/aromatic N) is 1. The first-order chi connectivity index (χ1) is 10.8. The van der Waals surface area contributed by atoms with Crippen LogP contribution in [0.4, 0.5) is 0 Å². The van der Waals surface area contributed by atoms with Crippen LogP contribution in [0.25, 0.3) is 16.4 Å². The van der Waals surface area contributed by atoms with Crippen molar-refractivity contribution in [1.82, 2.24) is 4.98 Å². The number of hydrogen-bond acceptors (Lipinski definition) is 1. The van der Waals surface area contributed by atoms with Gasteiger partial charge in [-0.25, -0.2) is 9.38 Å². The number of hydrogen-bond donors (Lipinski definition) is 1. The predicted octanol–water partition coefficient (Wildman–Crippen LogP) is 4.25. The average molecular weight is 354 g/mol. The van der Waals surface area contributed by atoms with E-state index in [0.29, 0.717) is 6.61 Å². The quantitative estimate of drug-likeness (QED) is 0.548. The summed E-state index contributed by atoms with van der Waals surface area (Å²) in [5.74, 6) is 0.849. The van der Waals surface area contributed by atoms with E-state index in [0.717, 1.165) is 26.9 Å². The molecule has 0 saturated carbocycles. The largest absolute Gasteiger partial charge is 0.484 e. The molecule has 4 rings (SSSR count). The molecule has 108 valence electrons. The van der Waals surface area contributed by atoms with Gasteiger partial charge in [-0.05, 0) is 38.8 Å². The molecule has 1 N–H and O–H groups in total. The van der Waals surface area contributed by atoms with Crippen LogP contribution in [-0.2, 0) is 6.61 Å². The summed E-state index contributed by atoms with van der Waals surface area (Å²) in [5, 5.41) is 2.36. The summed E-state index contributed by atoms with van der Waals surface area (Å²) < 4.78 is 9.01. The van der Waals surface area contributed by atoms with Gasteiger partial charge in [0, 0.05) is 6.07 Å². The Morgan fingerprint density at radius 1 is 1.00 bits per heavy atom. The smallest absolute Gasteiger partial charge is 0.284 e. The van der Waals surface area contributed by atoms with E-state index in [2.05, 4.69) is 39.1 Å². The first-order valence-corrected chi connectivity index (χ1v) is 7.88.